The second-order valence-corrected chi connectivity index (χ2v) is 9.68. The lowest BCUT2D eigenvalue weighted by Crippen LogP contribution is -2.59. The maximum absolute atomic E-state index is 12.8. The van der Waals surface area contributed by atoms with Gasteiger partial charge in [-0.3, -0.25) is 4.79 Å². The van der Waals surface area contributed by atoms with Crippen molar-refractivity contribution >= 4 is 22.8 Å². The highest BCUT2D eigenvalue weighted by Crippen LogP contribution is 2.36. The van der Waals surface area contributed by atoms with E-state index in [9.17, 15) is 35.3 Å². The summed E-state index contributed by atoms with van der Waals surface area (Å²) in [6.45, 7) is 2.44. The minimum absolute atomic E-state index is 0.0763. The molecule has 3 aromatic rings. The highest BCUT2D eigenvalue weighted by atomic mass is 16.5. The maximum Gasteiger partial charge on any atom is 0.370 e. The van der Waals surface area contributed by atoms with E-state index in [2.05, 4.69) is 11.4 Å². The third-order valence-corrected chi connectivity index (χ3v) is 6.77. The predicted octanol–water partition coefficient (Wildman–Crippen LogP) is 1.35. The standard InChI is InChI=1S/C28H30N4O8/c1-14(2)27(36)30-24-19(11-22(28(37)38)40-26(24)25(35)21(34)13-33)32-20(12-29)18-9-5-8-17(23(18)31-32)15-6-4-7-16(10-15)39-3/h4-11,14,19,21,24-26,33-35H,13H2,1-3H3,(H,30,36)(H,37,38)/t19-,21+,24+,25+,26+/m0/s1. The van der Waals surface area contributed by atoms with Crippen LogP contribution in [0.3, 0.4) is 0 Å². The van der Waals surface area contributed by atoms with Crippen molar-refractivity contribution in [1.29, 1.82) is 5.26 Å². The number of methoxy groups -OCH3 is 1. The number of carboxylic acid groups (broad SMARTS) is 1. The van der Waals surface area contributed by atoms with E-state index < -0.39 is 60.6 Å². The number of aliphatic hydroxyl groups excluding tert-OH is 3. The van der Waals surface area contributed by atoms with Crippen molar-refractivity contribution in [3.8, 4) is 22.9 Å². The third-order valence-electron chi connectivity index (χ3n) is 6.77. The highest BCUT2D eigenvalue weighted by molar-refractivity contribution is 5.96. The number of hydrogen-bond acceptors (Lipinski definition) is 9. The van der Waals surface area contributed by atoms with Crippen molar-refractivity contribution in [2.45, 2.75) is 44.2 Å². The molecule has 0 fully saturated rings. The number of carbonyl (C=O) groups excluding carboxylic acids is 1. The van der Waals surface area contributed by atoms with Gasteiger partial charge >= 0.3 is 5.97 Å². The highest BCUT2D eigenvalue weighted by Gasteiger charge is 2.45. The van der Waals surface area contributed by atoms with Crippen molar-refractivity contribution in [2.24, 2.45) is 5.92 Å². The van der Waals surface area contributed by atoms with E-state index in [1.165, 1.54) is 10.8 Å². The lowest BCUT2D eigenvalue weighted by atomic mass is 9.91. The molecule has 0 spiro atoms. The summed E-state index contributed by atoms with van der Waals surface area (Å²) in [4.78, 5) is 24.9. The summed E-state index contributed by atoms with van der Waals surface area (Å²) in [6.07, 6.45) is -3.82. The maximum atomic E-state index is 12.8. The Bertz CT molecular complexity index is 1490. The molecule has 5 atom stereocenters. The summed E-state index contributed by atoms with van der Waals surface area (Å²) in [5.41, 5.74) is 1.95. The summed E-state index contributed by atoms with van der Waals surface area (Å²) in [5, 5.41) is 58.4. The fraction of sp³-hybridized carbons (Fsp3) is 0.357. The quantitative estimate of drug-likeness (QED) is 0.260. The van der Waals surface area contributed by atoms with Crippen LogP contribution >= 0.6 is 0 Å². The number of fused-ring (bicyclic) bond motifs is 1. The molecule has 12 nitrogen and oxygen atoms in total. The number of nitrogens with one attached hydrogen (secondary N) is 1. The van der Waals surface area contributed by atoms with Crippen LogP contribution in [0.1, 0.15) is 25.6 Å². The van der Waals surface area contributed by atoms with Gasteiger partial charge in [-0.25, -0.2) is 9.48 Å². The Morgan fingerprint density at radius 1 is 1.23 bits per heavy atom. The van der Waals surface area contributed by atoms with Crippen LogP contribution in [-0.4, -0.2) is 80.2 Å². The largest absolute Gasteiger partial charge is 0.497 e. The fourth-order valence-corrected chi connectivity index (χ4v) is 4.64. The molecule has 2 aromatic carbocycles. The lowest BCUT2D eigenvalue weighted by Gasteiger charge is -2.40. The molecule has 5 N–H and O–H groups in total. The number of aliphatic hydroxyl groups is 3. The van der Waals surface area contributed by atoms with E-state index in [0.717, 1.165) is 5.56 Å². The molecular weight excluding hydrogens is 520 g/mol. The van der Waals surface area contributed by atoms with Gasteiger partial charge in [0.25, 0.3) is 0 Å². The number of aromatic nitrogens is 2. The number of nitriles is 1. The molecule has 0 bridgehead atoms. The molecule has 12 heteroatoms. The number of hydrogen-bond donors (Lipinski definition) is 5. The minimum atomic E-state index is -1.80. The summed E-state index contributed by atoms with van der Waals surface area (Å²) in [6, 6.07) is 12.4. The first kappa shape index (κ1) is 28.6. The molecule has 0 saturated carbocycles. The normalized spacial score (nSPS) is 20.2. The van der Waals surface area contributed by atoms with Crippen LogP contribution in [0.2, 0.25) is 0 Å². The second-order valence-electron chi connectivity index (χ2n) is 9.68. The van der Waals surface area contributed by atoms with Crippen molar-refractivity contribution in [2.75, 3.05) is 13.7 Å². The molecule has 0 aliphatic carbocycles. The first-order valence-electron chi connectivity index (χ1n) is 12.6. The van der Waals surface area contributed by atoms with Gasteiger partial charge in [0, 0.05) is 16.9 Å². The van der Waals surface area contributed by atoms with E-state index >= 15 is 0 Å². The Hall–Kier alpha value is -4.44. The van der Waals surface area contributed by atoms with E-state index in [1.807, 2.05) is 24.3 Å². The van der Waals surface area contributed by atoms with Crippen LogP contribution in [0, 0.1) is 17.2 Å². The number of rotatable bonds is 9. The molecule has 1 amide bonds. The predicted molar refractivity (Wildman–Crippen MR) is 142 cm³/mol. The number of aliphatic carboxylic acids is 1. The zero-order valence-electron chi connectivity index (χ0n) is 22.1. The van der Waals surface area contributed by atoms with Crippen LogP contribution in [0.5, 0.6) is 5.75 Å². The van der Waals surface area contributed by atoms with Crippen molar-refractivity contribution in [3.05, 3.63) is 60.0 Å². The number of carboxylic acids is 1. The van der Waals surface area contributed by atoms with Gasteiger partial charge < -0.3 is 35.2 Å². The number of benzene rings is 2. The Morgan fingerprint density at radius 2 is 1.95 bits per heavy atom. The summed E-state index contributed by atoms with van der Waals surface area (Å²) in [7, 11) is 1.55. The number of amides is 1. The summed E-state index contributed by atoms with van der Waals surface area (Å²) >= 11 is 0. The van der Waals surface area contributed by atoms with E-state index in [4.69, 9.17) is 14.6 Å². The minimum Gasteiger partial charge on any atom is -0.497 e. The van der Waals surface area contributed by atoms with Crippen LogP contribution in [0.25, 0.3) is 22.0 Å². The molecule has 40 heavy (non-hydrogen) atoms. The average molecular weight is 551 g/mol. The van der Waals surface area contributed by atoms with Crippen LogP contribution in [0.4, 0.5) is 0 Å². The van der Waals surface area contributed by atoms with Gasteiger partial charge in [0.1, 0.15) is 41.3 Å². The van der Waals surface area contributed by atoms with Crippen LogP contribution in [0.15, 0.2) is 54.3 Å². The van der Waals surface area contributed by atoms with Gasteiger partial charge in [0.05, 0.1) is 25.8 Å². The third kappa shape index (κ3) is 5.35. The van der Waals surface area contributed by atoms with Crippen molar-refractivity contribution in [1.82, 2.24) is 15.1 Å². The van der Waals surface area contributed by atoms with E-state index in [1.54, 1.807) is 39.2 Å². The Labute approximate surface area is 229 Å². The fourth-order valence-electron chi connectivity index (χ4n) is 4.64. The van der Waals surface area contributed by atoms with Gasteiger partial charge in [-0.15, -0.1) is 0 Å². The molecule has 0 radical (unpaired) electrons. The molecular formula is C28H30N4O8. The van der Waals surface area contributed by atoms with Crippen molar-refractivity contribution in [3.63, 3.8) is 0 Å². The smallest absolute Gasteiger partial charge is 0.370 e. The van der Waals surface area contributed by atoms with Gasteiger partial charge in [-0.2, -0.15) is 10.4 Å². The molecule has 210 valence electrons. The Morgan fingerprint density at radius 3 is 2.58 bits per heavy atom. The average Bonchev–Trinajstić information content (AvgIpc) is 3.34. The number of carbonyl (C=O) groups is 2. The Balaban J connectivity index is 1.95. The molecule has 1 aliphatic heterocycles. The number of nitrogens with zero attached hydrogens (tertiary/aromatic N) is 3. The Kier molecular flexibility index (Phi) is 8.39. The van der Waals surface area contributed by atoms with E-state index in [-0.39, 0.29) is 5.69 Å². The topological polar surface area (TPSA) is 187 Å². The van der Waals surface area contributed by atoms with Gasteiger partial charge in [0.2, 0.25) is 11.7 Å². The summed E-state index contributed by atoms with van der Waals surface area (Å²) in [5.74, 6) is -2.39. The molecule has 1 aromatic heterocycles. The van der Waals surface area contributed by atoms with Crippen LogP contribution in [-0.2, 0) is 14.3 Å². The second kappa shape index (κ2) is 11.7. The van der Waals surface area contributed by atoms with Gasteiger partial charge in [-0.05, 0) is 29.8 Å². The molecule has 0 unspecified atom stereocenters. The monoisotopic (exact) mass is 550 g/mol. The molecule has 0 saturated heterocycles. The number of ether oxygens (including phenoxy) is 2. The zero-order valence-corrected chi connectivity index (χ0v) is 22.1. The molecule has 4 rings (SSSR count). The first-order valence-corrected chi connectivity index (χ1v) is 12.6. The SMILES string of the molecule is COc1cccc(-c2cccc3c(C#N)n([C@H]4C=C(C(=O)O)O[C@@H]([C@H](O)[C@H](O)CO)[C@@H]4NC(=O)C(C)C)nc23)c1. The summed E-state index contributed by atoms with van der Waals surface area (Å²) < 4.78 is 12.2. The van der Waals surface area contributed by atoms with Gasteiger partial charge in [-0.1, -0.05) is 38.1 Å². The molecule has 1 aliphatic rings. The molecule has 2 heterocycles. The zero-order chi connectivity index (χ0) is 29.1. The van der Waals surface area contributed by atoms with E-state index in [0.29, 0.717) is 22.2 Å². The first-order chi connectivity index (χ1) is 19.1. The lowest BCUT2D eigenvalue weighted by molar-refractivity contribution is -0.147. The van der Waals surface area contributed by atoms with Gasteiger partial charge in [0.15, 0.2) is 0 Å². The van der Waals surface area contributed by atoms with Crippen molar-refractivity contribution < 1.29 is 39.5 Å². The van der Waals surface area contributed by atoms with Crippen LogP contribution < -0.4 is 10.1 Å².